The zero-order valence-corrected chi connectivity index (χ0v) is 21.2. The van der Waals surface area contributed by atoms with Crippen LogP contribution < -0.4 is 5.32 Å². The van der Waals surface area contributed by atoms with Crippen LogP contribution in [0.4, 0.5) is 17.6 Å². The molecule has 2 aromatic rings. The molecule has 0 fully saturated rings. The fourth-order valence-corrected chi connectivity index (χ4v) is 4.97. The van der Waals surface area contributed by atoms with E-state index >= 15 is 0 Å². The van der Waals surface area contributed by atoms with Crippen LogP contribution in [-0.4, -0.2) is 44.8 Å². The standard InChI is InChI=1S/C25H22Cl2F4N2O4/c1-35-21(36-2)12-32-23(34)17-8-7-16(14-5-3-4-6-15(14)17)20-11-24(37-33-20,25(29,30)31)13-9-18(26)22(28)19(27)10-13/h3-6,8-10,16,21H,7,11-12H2,1-2H3,(H,32,34). The van der Waals surface area contributed by atoms with E-state index in [1.54, 1.807) is 30.3 Å². The van der Waals surface area contributed by atoms with Gasteiger partial charge < -0.3 is 19.6 Å². The Hall–Kier alpha value is -2.66. The molecule has 0 spiro atoms. The number of carbonyl (C=O) groups is 1. The van der Waals surface area contributed by atoms with Crippen molar-refractivity contribution in [2.45, 2.75) is 36.8 Å². The maximum Gasteiger partial charge on any atom is 0.435 e. The summed E-state index contributed by atoms with van der Waals surface area (Å²) in [6, 6.07) is 8.59. The Bertz CT molecular complexity index is 1240. The average Bonchev–Trinajstić information content (AvgIpc) is 3.33. The van der Waals surface area contributed by atoms with Crippen LogP contribution in [0.5, 0.6) is 0 Å². The Morgan fingerprint density at radius 2 is 1.86 bits per heavy atom. The van der Waals surface area contributed by atoms with E-state index in [1.165, 1.54) is 14.2 Å². The van der Waals surface area contributed by atoms with Crippen LogP contribution in [0.1, 0.15) is 35.4 Å². The van der Waals surface area contributed by atoms with Crippen molar-refractivity contribution < 1.29 is 36.7 Å². The SMILES string of the molecule is COC(CNC(=O)C1=CCC(C2=NOC(c3cc(Cl)c(F)c(Cl)c3)(C(F)(F)F)C2)c2ccccc21)OC. The highest BCUT2D eigenvalue weighted by atomic mass is 35.5. The van der Waals surface area contributed by atoms with Crippen LogP contribution in [0.15, 0.2) is 47.6 Å². The number of benzene rings is 2. The van der Waals surface area contributed by atoms with E-state index in [4.69, 9.17) is 37.5 Å². The number of halogens is 6. The highest BCUT2D eigenvalue weighted by molar-refractivity contribution is 6.35. The summed E-state index contributed by atoms with van der Waals surface area (Å²) in [7, 11) is 2.89. The molecule has 4 rings (SSSR count). The molecule has 1 aliphatic heterocycles. The molecular formula is C25H22Cl2F4N2O4. The summed E-state index contributed by atoms with van der Waals surface area (Å²) < 4.78 is 67.3. The van der Waals surface area contributed by atoms with Crippen molar-refractivity contribution in [3.05, 3.63) is 75.0 Å². The maximum absolute atomic E-state index is 14.4. The summed E-state index contributed by atoms with van der Waals surface area (Å²) in [6.07, 6.45) is -4.36. The topological polar surface area (TPSA) is 69.2 Å². The number of carbonyl (C=O) groups excluding carboxylic acids is 1. The van der Waals surface area contributed by atoms with Crippen LogP contribution in [0.3, 0.4) is 0 Å². The number of hydrogen-bond acceptors (Lipinski definition) is 5. The van der Waals surface area contributed by atoms with E-state index in [9.17, 15) is 22.4 Å². The van der Waals surface area contributed by atoms with Gasteiger partial charge in [-0.3, -0.25) is 4.79 Å². The molecular weight excluding hydrogens is 539 g/mol. The van der Waals surface area contributed by atoms with Crippen LogP contribution in [0.2, 0.25) is 10.0 Å². The number of rotatable bonds is 7. The molecule has 1 amide bonds. The van der Waals surface area contributed by atoms with Gasteiger partial charge in [0, 0.05) is 37.7 Å². The largest absolute Gasteiger partial charge is 0.435 e. The van der Waals surface area contributed by atoms with Gasteiger partial charge in [-0.2, -0.15) is 13.2 Å². The molecule has 2 aromatic carbocycles. The van der Waals surface area contributed by atoms with Gasteiger partial charge in [0.15, 0.2) is 12.1 Å². The fourth-order valence-electron chi connectivity index (χ4n) is 4.49. The summed E-state index contributed by atoms with van der Waals surface area (Å²) >= 11 is 11.6. The van der Waals surface area contributed by atoms with E-state index in [-0.39, 0.29) is 24.6 Å². The zero-order chi connectivity index (χ0) is 27.0. The Balaban J connectivity index is 1.64. The number of oxime groups is 1. The lowest BCUT2D eigenvalue weighted by molar-refractivity contribution is -0.275. The number of nitrogens with zero attached hydrogens (tertiary/aromatic N) is 1. The van der Waals surface area contributed by atoms with Gasteiger partial charge in [-0.25, -0.2) is 4.39 Å². The van der Waals surface area contributed by atoms with Crippen LogP contribution in [0, 0.1) is 5.82 Å². The second kappa shape index (κ2) is 10.6. The van der Waals surface area contributed by atoms with Crippen molar-refractivity contribution in [2.75, 3.05) is 20.8 Å². The molecule has 2 atom stereocenters. The third-order valence-corrected chi connectivity index (χ3v) is 6.99. The minimum atomic E-state index is -4.92. The predicted molar refractivity (Wildman–Crippen MR) is 130 cm³/mol. The first-order chi connectivity index (χ1) is 17.5. The summed E-state index contributed by atoms with van der Waals surface area (Å²) in [5.74, 6) is -1.99. The Morgan fingerprint density at radius 3 is 2.49 bits per heavy atom. The monoisotopic (exact) mass is 560 g/mol. The van der Waals surface area contributed by atoms with Gasteiger partial charge in [0.2, 0.25) is 0 Å². The molecule has 37 heavy (non-hydrogen) atoms. The summed E-state index contributed by atoms with van der Waals surface area (Å²) in [4.78, 5) is 18.0. The third-order valence-electron chi connectivity index (χ3n) is 6.44. The number of alkyl halides is 3. The molecule has 0 radical (unpaired) electrons. The normalized spacial score (nSPS) is 21.3. The van der Waals surface area contributed by atoms with E-state index in [1.807, 2.05) is 0 Å². The van der Waals surface area contributed by atoms with Crippen molar-refractivity contribution >= 4 is 40.4 Å². The lowest BCUT2D eigenvalue weighted by Gasteiger charge is -2.31. The minimum Gasteiger partial charge on any atom is -0.374 e. The van der Waals surface area contributed by atoms with Gasteiger partial charge in [0.1, 0.15) is 0 Å². The Kier molecular flexibility index (Phi) is 7.85. The smallest absolute Gasteiger partial charge is 0.374 e. The molecule has 2 unspecified atom stereocenters. The summed E-state index contributed by atoms with van der Waals surface area (Å²) in [6.45, 7) is 0.103. The molecule has 0 aromatic heterocycles. The zero-order valence-electron chi connectivity index (χ0n) is 19.7. The van der Waals surface area contributed by atoms with E-state index in [0.717, 1.165) is 12.1 Å². The first kappa shape index (κ1) is 27.4. The number of hydrogen-bond donors (Lipinski definition) is 1. The molecule has 6 nitrogen and oxygen atoms in total. The highest BCUT2D eigenvalue weighted by Crippen LogP contribution is 2.52. The summed E-state index contributed by atoms with van der Waals surface area (Å²) in [5, 5.41) is 5.45. The first-order valence-corrected chi connectivity index (χ1v) is 11.9. The van der Waals surface area contributed by atoms with Gasteiger partial charge in [-0.15, -0.1) is 0 Å². The van der Waals surface area contributed by atoms with Gasteiger partial charge in [-0.05, 0) is 29.7 Å². The second-order valence-corrected chi connectivity index (χ2v) is 9.35. The molecule has 2 aliphatic rings. The first-order valence-electron chi connectivity index (χ1n) is 11.1. The fraction of sp³-hybridized carbons (Fsp3) is 0.360. The van der Waals surface area contributed by atoms with E-state index in [0.29, 0.717) is 16.7 Å². The molecule has 0 bridgehead atoms. The molecule has 0 saturated heterocycles. The van der Waals surface area contributed by atoms with Gasteiger partial charge in [-0.1, -0.05) is 58.7 Å². The number of fused-ring (bicyclic) bond motifs is 1. The number of methoxy groups -OCH3 is 2. The van der Waals surface area contributed by atoms with Gasteiger partial charge in [0.25, 0.3) is 11.5 Å². The number of amides is 1. The molecule has 12 heteroatoms. The second-order valence-electron chi connectivity index (χ2n) is 8.53. The quantitative estimate of drug-likeness (QED) is 0.257. The van der Waals surface area contributed by atoms with Gasteiger partial charge in [0.05, 0.1) is 22.3 Å². The van der Waals surface area contributed by atoms with E-state index in [2.05, 4.69) is 10.5 Å². The van der Waals surface area contributed by atoms with Crippen LogP contribution in [0.25, 0.3) is 5.57 Å². The predicted octanol–water partition coefficient (Wildman–Crippen LogP) is 5.97. The summed E-state index contributed by atoms with van der Waals surface area (Å²) in [5.41, 5.74) is -1.67. The van der Waals surface area contributed by atoms with Gasteiger partial charge >= 0.3 is 6.18 Å². The highest BCUT2D eigenvalue weighted by Gasteiger charge is 2.63. The maximum atomic E-state index is 14.4. The van der Waals surface area contributed by atoms with Crippen LogP contribution in [-0.2, 0) is 24.7 Å². The average molecular weight is 561 g/mol. The third kappa shape index (κ3) is 5.07. The molecule has 1 N–H and O–H groups in total. The Morgan fingerprint density at radius 1 is 1.22 bits per heavy atom. The van der Waals surface area contributed by atoms with E-state index < -0.39 is 51.8 Å². The molecule has 0 saturated carbocycles. The Labute approximate surface area is 220 Å². The van der Waals surface area contributed by atoms with Crippen molar-refractivity contribution in [1.82, 2.24) is 5.32 Å². The molecule has 1 heterocycles. The van der Waals surface area contributed by atoms with Crippen molar-refractivity contribution in [1.29, 1.82) is 0 Å². The minimum absolute atomic E-state index is 0.103. The van der Waals surface area contributed by atoms with Crippen molar-refractivity contribution in [3.63, 3.8) is 0 Å². The van der Waals surface area contributed by atoms with Crippen LogP contribution >= 0.6 is 23.2 Å². The molecule has 198 valence electrons. The lowest BCUT2D eigenvalue weighted by Crippen LogP contribution is -2.43. The van der Waals surface area contributed by atoms with Crippen molar-refractivity contribution in [3.8, 4) is 0 Å². The molecule has 1 aliphatic carbocycles. The number of nitrogens with one attached hydrogen (secondary N) is 1. The lowest BCUT2D eigenvalue weighted by atomic mass is 9.76. The number of ether oxygens (including phenoxy) is 2. The van der Waals surface area contributed by atoms with Crippen molar-refractivity contribution in [2.24, 2.45) is 5.16 Å². The number of allylic oxidation sites excluding steroid dienone is 1.